The van der Waals surface area contributed by atoms with Gasteiger partial charge in [-0.25, -0.2) is 0 Å². The molecule has 0 aliphatic carbocycles. The molecule has 1 aromatic carbocycles. The quantitative estimate of drug-likeness (QED) is 0.613. The summed E-state index contributed by atoms with van der Waals surface area (Å²) in [6.07, 6.45) is 0. The van der Waals surface area contributed by atoms with Crippen molar-refractivity contribution in [2.45, 2.75) is 0 Å². The van der Waals surface area contributed by atoms with Crippen molar-refractivity contribution in [3.63, 3.8) is 0 Å². The van der Waals surface area contributed by atoms with Crippen LogP contribution in [0.25, 0.3) is 0 Å². The number of ether oxygens (including phenoxy) is 1. The molecule has 1 aromatic rings. The Hall–Kier alpha value is -3.17. The number of benzene rings is 1. The van der Waals surface area contributed by atoms with Crippen molar-refractivity contribution < 1.29 is 9.84 Å². The van der Waals surface area contributed by atoms with Gasteiger partial charge >= 0.3 is 0 Å². The van der Waals surface area contributed by atoms with Gasteiger partial charge in [-0.15, -0.1) is 0 Å². The Bertz CT molecular complexity index is 598. The lowest BCUT2D eigenvalue weighted by molar-refractivity contribution is 0.374. The van der Waals surface area contributed by atoms with E-state index in [0.717, 1.165) is 0 Å². The van der Waals surface area contributed by atoms with Crippen molar-refractivity contribution in [1.82, 2.24) is 0 Å². The number of phenolic OH excluding ortho intramolecular Hbond substituents is 1. The molecule has 0 amide bonds. The molecule has 88 valence electrons. The van der Waals surface area contributed by atoms with E-state index in [1.54, 1.807) is 24.3 Å². The average Bonchev–Trinajstić information content (AvgIpc) is 2.40. The second-order valence-electron chi connectivity index (χ2n) is 3.07. The molecule has 0 heterocycles. The van der Waals surface area contributed by atoms with Gasteiger partial charge in [-0.2, -0.15) is 15.8 Å². The number of methoxy groups -OCH3 is 1. The summed E-state index contributed by atoms with van der Waals surface area (Å²) in [5, 5.41) is 38.5. The molecule has 6 heteroatoms. The van der Waals surface area contributed by atoms with Crippen LogP contribution in [0.3, 0.4) is 0 Å². The Labute approximate surface area is 104 Å². The van der Waals surface area contributed by atoms with E-state index in [2.05, 4.69) is 5.32 Å². The van der Waals surface area contributed by atoms with E-state index in [9.17, 15) is 5.11 Å². The maximum absolute atomic E-state index is 9.78. The fraction of sp³-hybridized carbons (Fsp3) is 0.0833. The van der Waals surface area contributed by atoms with Crippen molar-refractivity contribution >= 4 is 5.69 Å². The SMILES string of the molecule is COc1cccc(NC(C#N)=C(C#N)C#N)c1O. The third kappa shape index (κ3) is 2.49. The lowest BCUT2D eigenvalue weighted by Gasteiger charge is -2.09. The third-order valence-electron chi connectivity index (χ3n) is 2.06. The number of hydrogen-bond acceptors (Lipinski definition) is 6. The molecule has 0 spiro atoms. The van der Waals surface area contributed by atoms with Gasteiger partial charge in [-0.1, -0.05) is 6.07 Å². The highest BCUT2D eigenvalue weighted by Crippen LogP contribution is 2.34. The van der Waals surface area contributed by atoms with Gasteiger partial charge in [0.1, 0.15) is 23.9 Å². The lowest BCUT2D eigenvalue weighted by Crippen LogP contribution is -2.01. The fourth-order valence-corrected chi connectivity index (χ4v) is 1.21. The number of allylic oxidation sites excluding steroid dienone is 2. The van der Waals surface area contributed by atoms with Gasteiger partial charge in [0.2, 0.25) is 0 Å². The molecule has 0 aliphatic heterocycles. The number of para-hydroxylation sites is 1. The number of nitrogens with one attached hydrogen (secondary N) is 1. The van der Waals surface area contributed by atoms with Crippen molar-refractivity contribution in [2.75, 3.05) is 12.4 Å². The first-order valence-electron chi connectivity index (χ1n) is 4.75. The third-order valence-corrected chi connectivity index (χ3v) is 2.06. The zero-order chi connectivity index (χ0) is 13.5. The molecule has 6 nitrogen and oxygen atoms in total. The van der Waals surface area contributed by atoms with Gasteiger partial charge in [0.15, 0.2) is 17.1 Å². The summed E-state index contributed by atoms with van der Waals surface area (Å²) >= 11 is 0. The molecule has 2 N–H and O–H groups in total. The van der Waals surface area contributed by atoms with Crippen LogP contribution in [0.5, 0.6) is 11.5 Å². The summed E-state index contributed by atoms with van der Waals surface area (Å²) < 4.78 is 4.89. The molecule has 18 heavy (non-hydrogen) atoms. The van der Waals surface area contributed by atoms with Crippen LogP contribution in [0, 0.1) is 34.0 Å². The predicted molar refractivity (Wildman–Crippen MR) is 62.1 cm³/mol. The van der Waals surface area contributed by atoms with Crippen LogP contribution >= 0.6 is 0 Å². The normalized spacial score (nSPS) is 8.33. The number of hydrogen-bond donors (Lipinski definition) is 2. The first-order valence-corrected chi connectivity index (χ1v) is 4.75. The second-order valence-corrected chi connectivity index (χ2v) is 3.07. The smallest absolute Gasteiger partial charge is 0.181 e. The largest absolute Gasteiger partial charge is 0.503 e. The van der Waals surface area contributed by atoms with Crippen LogP contribution < -0.4 is 10.1 Å². The topological polar surface area (TPSA) is 113 Å². The first kappa shape index (κ1) is 12.9. The Balaban J connectivity index is 3.22. The molecular weight excluding hydrogens is 232 g/mol. The van der Waals surface area contributed by atoms with Gasteiger partial charge in [0.25, 0.3) is 0 Å². The molecule has 0 atom stereocenters. The lowest BCUT2D eigenvalue weighted by atomic mass is 10.2. The van der Waals surface area contributed by atoms with E-state index < -0.39 is 0 Å². The van der Waals surface area contributed by atoms with Crippen LogP contribution in [0.1, 0.15) is 0 Å². The second kappa shape index (κ2) is 5.79. The number of phenols is 1. The van der Waals surface area contributed by atoms with Crippen molar-refractivity contribution in [3.8, 4) is 29.7 Å². The molecule has 0 fully saturated rings. The number of nitrogens with zero attached hydrogens (tertiary/aromatic N) is 3. The number of anilines is 1. The van der Waals surface area contributed by atoms with Crippen molar-refractivity contribution in [2.24, 2.45) is 0 Å². The van der Waals surface area contributed by atoms with E-state index in [0.29, 0.717) is 0 Å². The highest BCUT2D eigenvalue weighted by Gasteiger charge is 2.11. The van der Waals surface area contributed by atoms with Gasteiger partial charge < -0.3 is 15.2 Å². The number of aromatic hydroxyl groups is 1. The standard InChI is InChI=1S/C12H8N4O2/c1-18-11-4-2-3-9(12(11)17)16-10(7-15)8(5-13)6-14/h2-4,16-17H,1H3. The highest BCUT2D eigenvalue weighted by atomic mass is 16.5. The maximum Gasteiger partial charge on any atom is 0.181 e. The summed E-state index contributed by atoms with van der Waals surface area (Å²) in [6.45, 7) is 0. The summed E-state index contributed by atoms with van der Waals surface area (Å²) in [5.41, 5.74) is -0.419. The Morgan fingerprint density at radius 1 is 1.22 bits per heavy atom. The van der Waals surface area contributed by atoms with Gasteiger partial charge in [0, 0.05) is 0 Å². The van der Waals surface area contributed by atoms with E-state index in [-0.39, 0.29) is 28.5 Å². The summed E-state index contributed by atoms with van der Waals surface area (Å²) in [6, 6.07) is 9.48. The zero-order valence-electron chi connectivity index (χ0n) is 9.43. The highest BCUT2D eigenvalue weighted by molar-refractivity contribution is 5.67. The fourth-order valence-electron chi connectivity index (χ4n) is 1.21. The Morgan fingerprint density at radius 2 is 1.89 bits per heavy atom. The molecule has 0 radical (unpaired) electrons. The Kier molecular flexibility index (Phi) is 4.15. The van der Waals surface area contributed by atoms with Crippen LogP contribution in [-0.2, 0) is 0 Å². The minimum atomic E-state index is -0.361. The van der Waals surface area contributed by atoms with Gasteiger partial charge in [-0.3, -0.25) is 0 Å². The van der Waals surface area contributed by atoms with E-state index >= 15 is 0 Å². The average molecular weight is 240 g/mol. The van der Waals surface area contributed by atoms with Crippen LogP contribution in [-0.4, -0.2) is 12.2 Å². The summed E-state index contributed by atoms with van der Waals surface area (Å²) in [7, 11) is 1.38. The molecule has 0 bridgehead atoms. The van der Waals surface area contributed by atoms with E-state index in [1.165, 1.54) is 19.2 Å². The number of rotatable bonds is 3. The molecule has 0 aromatic heterocycles. The van der Waals surface area contributed by atoms with Crippen LogP contribution in [0.2, 0.25) is 0 Å². The molecule has 0 saturated heterocycles. The molecule has 0 aliphatic rings. The first-order chi connectivity index (χ1) is 8.67. The van der Waals surface area contributed by atoms with Gasteiger partial charge in [-0.05, 0) is 12.1 Å². The van der Waals surface area contributed by atoms with Gasteiger partial charge in [0.05, 0.1) is 12.8 Å². The monoisotopic (exact) mass is 240 g/mol. The van der Waals surface area contributed by atoms with Crippen molar-refractivity contribution in [1.29, 1.82) is 15.8 Å². The minimum Gasteiger partial charge on any atom is -0.503 e. The molecule has 0 unspecified atom stereocenters. The molecule has 0 saturated carbocycles. The van der Waals surface area contributed by atoms with Crippen molar-refractivity contribution in [3.05, 3.63) is 29.5 Å². The molecule has 1 rings (SSSR count). The molecular formula is C12H8N4O2. The predicted octanol–water partition coefficient (Wildman–Crippen LogP) is 1.64. The van der Waals surface area contributed by atoms with Crippen LogP contribution in [0.15, 0.2) is 29.5 Å². The van der Waals surface area contributed by atoms with Crippen LogP contribution in [0.4, 0.5) is 5.69 Å². The minimum absolute atomic E-state index is 0.175. The maximum atomic E-state index is 9.78. The summed E-state index contributed by atoms with van der Waals surface area (Å²) in [5.74, 6) is 0.00994. The van der Waals surface area contributed by atoms with E-state index in [1.807, 2.05) is 0 Å². The number of nitriles is 3. The summed E-state index contributed by atoms with van der Waals surface area (Å²) in [4.78, 5) is 0. The van der Waals surface area contributed by atoms with E-state index in [4.69, 9.17) is 20.5 Å². The zero-order valence-corrected chi connectivity index (χ0v) is 9.43. The Morgan fingerprint density at radius 3 is 2.39 bits per heavy atom.